The number of unbranched alkanes of at least 4 members (excludes halogenated alkanes) is 3. The largest absolute Gasteiger partial charge is 0.470 e. The first kappa shape index (κ1) is 19.7. The van der Waals surface area contributed by atoms with Gasteiger partial charge in [0.2, 0.25) is 5.72 Å². The Morgan fingerprint density at radius 3 is 2.61 bits per heavy atom. The van der Waals surface area contributed by atoms with Crippen LogP contribution < -0.4 is 15.3 Å². The number of fused-ring (bicyclic) bond motifs is 2. The van der Waals surface area contributed by atoms with E-state index in [2.05, 4.69) is 56.0 Å². The minimum absolute atomic E-state index is 0.225. The number of para-hydroxylation sites is 1. The van der Waals surface area contributed by atoms with Crippen molar-refractivity contribution in [1.82, 2.24) is 0 Å². The van der Waals surface area contributed by atoms with Crippen molar-refractivity contribution in [2.75, 3.05) is 11.4 Å². The number of hydrogen-bond acceptors (Lipinski definition) is 2. The third kappa shape index (κ3) is 2.93. The summed E-state index contributed by atoms with van der Waals surface area (Å²) in [4.78, 5) is 2.44. The van der Waals surface area contributed by atoms with Crippen LogP contribution in [0.15, 0.2) is 36.4 Å². The van der Waals surface area contributed by atoms with Gasteiger partial charge < -0.3 is 9.64 Å². The van der Waals surface area contributed by atoms with Crippen molar-refractivity contribution in [2.24, 2.45) is 0 Å². The van der Waals surface area contributed by atoms with E-state index in [1.807, 2.05) is 12.3 Å². The molecule has 0 aromatic heterocycles. The molecule has 4 rings (SSSR count). The Bertz CT molecular complexity index is 1010. The summed E-state index contributed by atoms with van der Waals surface area (Å²) in [5, 5.41) is 3.20. The van der Waals surface area contributed by atoms with Crippen LogP contribution in [0, 0.1) is 0 Å². The van der Waals surface area contributed by atoms with Crippen LogP contribution >= 0.6 is 23.2 Å². The van der Waals surface area contributed by atoms with Gasteiger partial charge in [-0.05, 0) is 55.3 Å². The maximum absolute atomic E-state index is 6.56. The fourth-order valence-electron chi connectivity index (χ4n) is 4.64. The van der Waals surface area contributed by atoms with Crippen LogP contribution in [0.3, 0.4) is 0 Å². The Morgan fingerprint density at radius 1 is 1.04 bits per heavy atom. The van der Waals surface area contributed by atoms with Crippen molar-refractivity contribution >= 4 is 41.2 Å². The fraction of sp³-hybridized carbons (Fsp3) is 0.417. The molecule has 2 aromatic carbocycles. The molecule has 0 amide bonds. The van der Waals surface area contributed by atoms with Crippen molar-refractivity contribution in [3.05, 3.63) is 62.4 Å². The molecule has 1 atom stereocenters. The third-order valence-electron chi connectivity index (χ3n) is 6.23. The summed E-state index contributed by atoms with van der Waals surface area (Å²) in [5.74, 6) is 0. The summed E-state index contributed by atoms with van der Waals surface area (Å²) >= 11 is 12.7. The van der Waals surface area contributed by atoms with E-state index in [1.54, 1.807) is 6.07 Å². The Kier molecular flexibility index (Phi) is 5.14. The molecular weight excluding hydrogens is 389 g/mol. The summed E-state index contributed by atoms with van der Waals surface area (Å²) in [6, 6.07) is 12.4. The second-order valence-electron chi connectivity index (χ2n) is 8.32. The molecule has 2 aromatic rings. The van der Waals surface area contributed by atoms with Gasteiger partial charge in [-0.1, -0.05) is 67.6 Å². The highest BCUT2D eigenvalue weighted by molar-refractivity contribution is 6.34. The smallest absolute Gasteiger partial charge is 0.211 e. The van der Waals surface area contributed by atoms with E-state index in [0.29, 0.717) is 10.0 Å². The normalized spacial score (nSPS) is 21.5. The summed E-state index contributed by atoms with van der Waals surface area (Å²) < 4.78 is 6.56. The lowest BCUT2D eigenvalue weighted by Crippen LogP contribution is -2.59. The second kappa shape index (κ2) is 7.31. The molecule has 2 heterocycles. The predicted molar refractivity (Wildman–Crippen MR) is 119 cm³/mol. The molecule has 148 valence electrons. The van der Waals surface area contributed by atoms with Crippen LogP contribution in [0.1, 0.15) is 52.0 Å². The minimum atomic E-state index is -0.593. The van der Waals surface area contributed by atoms with Gasteiger partial charge in [-0.15, -0.1) is 0 Å². The van der Waals surface area contributed by atoms with Crippen LogP contribution in [0.5, 0.6) is 0 Å². The van der Waals surface area contributed by atoms with Crippen LogP contribution in [0.4, 0.5) is 5.69 Å². The molecule has 0 radical (unpaired) electrons. The van der Waals surface area contributed by atoms with Gasteiger partial charge in [0.15, 0.2) is 0 Å². The molecule has 0 saturated heterocycles. The van der Waals surface area contributed by atoms with Gasteiger partial charge in [0, 0.05) is 22.5 Å². The summed E-state index contributed by atoms with van der Waals surface area (Å²) in [7, 11) is 0. The summed E-state index contributed by atoms with van der Waals surface area (Å²) in [6.45, 7) is 7.72. The monoisotopic (exact) mass is 415 g/mol. The lowest BCUT2D eigenvalue weighted by atomic mass is 9.76. The van der Waals surface area contributed by atoms with Crippen molar-refractivity contribution in [3.63, 3.8) is 0 Å². The average Bonchev–Trinajstić information content (AvgIpc) is 2.83. The lowest BCUT2D eigenvalue weighted by molar-refractivity contribution is 0.0493. The van der Waals surface area contributed by atoms with Crippen LogP contribution in [0.25, 0.3) is 12.3 Å². The first-order valence-electron chi connectivity index (χ1n) is 10.1. The molecule has 2 nitrogen and oxygen atoms in total. The predicted octanol–water partition coefficient (Wildman–Crippen LogP) is 5.62. The molecule has 2 aliphatic heterocycles. The number of halogens is 2. The summed E-state index contributed by atoms with van der Waals surface area (Å²) in [5.41, 5.74) is 1.75. The number of anilines is 1. The fourth-order valence-corrected chi connectivity index (χ4v) is 5.20. The van der Waals surface area contributed by atoms with Crippen molar-refractivity contribution in [1.29, 1.82) is 0 Å². The zero-order chi connectivity index (χ0) is 19.9. The molecule has 1 unspecified atom stereocenters. The molecular formula is C24H27Cl2NO. The quantitative estimate of drug-likeness (QED) is 0.587. The zero-order valence-corrected chi connectivity index (χ0v) is 18.3. The first-order valence-corrected chi connectivity index (χ1v) is 10.9. The molecule has 0 fully saturated rings. The molecule has 28 heavy (non-hydrogen) atoms. The highest BCUT2D eigenvalue weighted by Gasteiger charge is 2.57. The van der Waals surface area contributed by atoms with E-state index in [1.165, 1.54) is 30.5 Å². The topological polar surface area (TPSA) is 12.5 Å². The minimum Gasteiger partial charge on any atom is -0.470 e. The molecule has 1 spiro atoms. The van der Waals surface area contributed by atoms with E-state index < -0.39 is 5.72 Å². The van der Waals surface area contributed by atoms with Gasteiger partial charge in [0.25, 0.3) is 0 Å². The molecule has 4 heteroatoms. The van der Waals surface area contributed by atoms with Gasteiger partial charge in [0.05, 0.1) is 16.7 Å². The van der Waals surface area contributed by atoms with Gasteiger partial charge in [0.1, 0.15) is 0 Å². The highest BCUT2D eigenvalue weighted by atomic mass is 35.5. The molecule has 2 aliphatic rings. The molecule has 0 bridgehead atoms. The SMILES string of the molecule is CCCCCCN1c2ccccc2C(C)(C)C12C=c1cc(Cl)cc(Cl)c1=CO2. The highest BCUT2D eigenvalue weighted by Crippen LogP contribution is 2.53. The number of nitrogens with zero attached hydrogens (tertiary/aromatic N) is 1. The lowest BCUT2D eigenvalue weighted by Gasteiger charge is -2.45. The van der Waals surface area contributed by atoms with Crippen molar-refractivity contribution in [2.45, 2.75) is 57.6 Å². The Balaban J connectivity index is 1.86. The van der Waals surface area contributed by atoms with Crippen molar-refractivity contribution < 1.29 is 4.74 Å². The molecule has 0 N–H and O–H groups in total. The number of hydrogen-bond donors (Lipinski definition) is 0. The van der Waals surface area contributed by atoms with Gasteiger partial charge in [-0.25, -0.2) is 0 Å². The Morgan fingerprint density at radius 2 is 1.82 bits per heavy atom. The van der Waals surface area contributed by atoms with Crippen molar-refractivity contribution in [3.8, 4) is 0 Å². The molecule has 0 aliphatic carbocycles. The second-order valence-corrected chi connectivity index (χ2v) is 9.17. The Labute approximate surface area is 177 Å². The van der Waals surface area contributed by atoms with E-state index >= 15 is 0 Å². The van der Waals surface area contributed by atoms with Gasteiger partial charge >= 0.3 is 0 Å². The maximum atomic E-state index is 6.56. The van der Waals surface area contributed by atoms with E-state index in [-0.39, 0.29) is 5.41 Å². The number of benzene rings is 2. The van der Waals surface area contributed by atoms with Gasteiger partial charge in [-0.3, -0.25) is 0 Å². The van der Waals surface area contributed by atoms with Gasteiger partial charge in [-0.2, -0.15) is 0 Å². The number of ether oxygens (including phenoxy) is 1. The van der Waals surface area contributed by atoms with E-state index in [4.69, 9.17) is 27.9 Å². The van der Waals surface area contributed by atoms with E-state index in [9.17, 15) is 0 Å². The standard InChI is InChI=1S/C24H27Cl2NO/c1-4-5-6-9-12-27-22-11-8-7-10-20(22)23(2,3)24(27)15-17-13-18(25)14-21(26)19(17)16-28-24/h7-8,10-11,13-16H,4-6,9,12H2,1-3H3. The summed E-state index contributed by atoms with van der Waals surface area (Å²) in [6.07, 6.45) is 8.90. The third-order valence-corrected chi connectivity index (χ3v) is 6.76. The van der Waals surface area contributed by atoms with Crippen LogP contribution in [-0.2, 0) is 10.2 Å². The zero-order valence-electron chi connectivity index (χ0n) is 16.8. The maximum Gasteiger partial charge on any atom is 0.211 e. The van der Waals surface area contributed by atoms with Crippen LogP contribution in [-0.4, -0.2) is 12.3 Å². The van der Waals surface area contributed by atoms with Crippen LogP contribution in [0.2, 0.25) is 10.0 Å². The molecule has 0 saturated carbocycles. The first-order chi connectivity index (χ1) is 13.4. The Hall–Kier alpha value is -1.64. The average molecular weight is 416 g/mol. The van der Waals surface area contributed by atoms with E-state index in [0.717, 1.165) is 23.4 Å². The number of rotatable bonds is 5.